The maximum atomic E-state index is 12.2. The third-order valence-corrected chi connectivity index (χ3v) is 5.44. The molecule has 0 radical (unpaired) electrons. The number of methoxy groups -OCH3 is 1. The molecule has 0 fully saturated rings. The molecule has 10 heteroatoms. The first kappa shape index (κ1) is 25.5. The van der Waals surface area contributed by atoms with Gasteiger partial charge in [-0.15, -0.1) is 0 Å². The number of aromatic nitrogens is 1. The number of benzene rings is 2. The molecule has 186 valence electrons. The van der Waals surface area contributed by atoms with Crippen LogP contribution in [0.15, 0.2) is 42.5 Å². The fourth-order valence-electron chi connectivity index (χ4n) is 3.61. The van der Waals surface area contributed by atoms with E-state index in [1.54, 1.807) is 48.9 Å². The van der Waals surface area contributed by atoms with Gasteiger partial charge in [0.1, 0.15) is 11.5 Å². The number of hydrogen-bond acceptors (Lipinski definition) is 6. The molecule has 0 aliphatic rings. The molecule has 2 amide bonds. The summed E-state index contributed by atoms with van der Waals surface area (Å²) >= 11 is 0. The van der Waals surface area contributed by atoms with Gasteiger partial charge in [0.05, 0.1) is 28.6 Å². The number of nitrogens with zero attached hydrogens (tertiary/aromatic N) is 2. The van der Waals surface area contributed by atoms with Crippen LogP contribution in [-0.2, 0) is 9.59 Å². The van der Waals surface area contributed by atoms with Crippen molar-refractivity contribution in [2.45, 2.75) is 27.7 Å². The Morgan fingerprint density at radius 2 is 1.66 bits per heavy atom. The van der Waals surface area contributed by atoms with Gasteiger partial charge in [-0.3, -0.25) is 19.7 Å². The second kappa shape index (κ2) is 10.5. The fraction of sp³-hybridized carbons (Fsp3) is 0.360. The number of amides is 2. The summed E-state index contributed by atoms with van der Waals surface area (Å²) < 4.78 is 12.6. The minimum absolute atomic E-state index is 0.0115. The number of hydrogen-bond donors (Lipinski definition) is 2. The van der Waals surface area contributed by atoms with Crippen molar-refractivity contribution in [1.29, 1.82) is 0 Å². The number of carbonyl (C=O) groups excluding carboxylic acids is 2. The van der Waals surface area contributed by atoms with Crippen molar-refractivity contribution in [3.05, 3.63) is 58.3 Å². The van der Waals surface area contributed by atoms with Crippen molar-refractivity contribution in [3.8, 4) is 17.2 Å². The lowest BCUT2D eigenvalue weighted by atomic mass is 9.96. The van der Waals surface area contributed by atoms with Gasteiger partial charge in [-0.2, -0.15) is 0 Å². The normalized spacial score (nSPS) is 11.2. The van der Waals surface area contributed by atoms with E-state index < -0.39 is 10.3 Å². The van der Waals surface area contributed by atoms with E-state index in [1.165, 1.54) is 0 Å². The molecule has 0 bridgehead atoms. The van der Waals surface area contributed by atoms with Crippen LogP contribution in [0.4, 0.5) is 5.69 Å². The Hall–Kier alpha value is -4.08. The van der Waals surface area contributed by atoms with Crippen molar-refractivity contribution >= 4 is 28.4 Å². The molecule has 3 rings (SSSR count). The zero-order valence-electron chi connectivity index (χ0n) is 20.5. The molecular formula is C25H30N4O6. The summed E-state index contributed by atoms with van der Waals surface area (Å²) in [6.45, 7) is 7.48. The van der Waals surface area contributed by atoms with Crippen LogP contribution in [0, 0.1) is 22.5 Å². The molecule has 35 heavy (non-hydrogen) atoms. The van der Waals surface area contributed by atoms with Gasteiger partial charge in [0, 0.05) is 30.3 Å². The molecule has 1 aromatic heterocycles. The number of carbonyl (C=O) groups is 2. The highest BCUT2D eigenvalue weighted by Crippen LogP contribution is 2.37. The Balaban J connectivity index is 1.74. The van der Waals surface area contributed by atoms with E-state index in [2.05, 4.69) is 10.6 Å². The highest BCUT2D eigenvalue weighted by Gasteiger charge is 2.24. The number of rotatable bonds is 9. The summed E-state index contributed by atoms with van der Waals surface area (Å²) in [4.78, 5) is 35.4. The van der Waals surface area contributed by atoms with Gasteiger partial charge in [-0.25, -0.2) is 0 Å². The van der Waals surface area contributed by atoms with Crippen LogP contribution in [0.25, 0.3) is 16.6 Å². The molecule has 0 spiro atoms. The molecule has 0 saturated heterocycles. The van der Waals surface area contributed by atoms with Crippen LogP contribution in [0.3, 0.4) is 0 Å². The lowest BCUT2D eigenvalue weighted by Gasteiger charge is -2.17. The summed E-state index contributed by atoms with van der Waals surface area (Å²) in [6.07, 6.45) is 0. The van der Waals surface area contributed by atoms with E-state index in [9.17, 15) is 19.7 Å². The van der Waals surface area contributed by atoms with Gasteiger partial charge in [0.2, 0.25) is 5.91 Å². The number of fused-ring (bicyclic) bond motifs is 1. The first-order valence-corrected chi connectivity index (χ1v) is 11.1. The minimum atomic E-state index is -0.497. The smallest absolute Gasteiger partial charge is 0.298 e. The van der Waals surface area contributed by atoms with E-state index in [0.717, 1.165) is 5.69 Å². The molecular weight excluding hydrogens is 452 g/mol. The van der Waals surface area contributed by atoms with Crippen molar-refractivity contribution < 1.29 is 24.0 Å². The zero-order chi connectivity index (χ0) is 25.8. The van der Waals surface area contributed by atoms with Crippen LogP contribution in [0.2, 0.25) is 0 Å². The maximum Gasteiger partial charge on any atom is 0.298 e. The van der Waals surface area contributed by atoms with Crippen molar-refractivity contribution in [1.82, 2.24) is 15.2 Å². The van der Waals surface area contributed by atoms with Crippen LogP contribution < -0.4 is 20.1 Å². The standard InChI is InChI=1S/C25H30N4O6/c1-16-23(29(32)33)20-11-10-19(14-21(20)28(16)17-6-8-18(34-5)9-7-17)35-15-22(30)26-12-13-27-24(31)25(2,3)4/h6-11,14H,12-13,15H2,1-5H3,(H,26,30)(H,27,31). The monoisotopic (exact) mass is 482 g/mol. The minimum Gasteiger partial charge on any atom is -0.497 e. The molecule has 2 N–H and O–H groups in total. The van der Waals surface area contributed by atoms with Gasteiger partial charge in [0.15, 0.2) is 6.61 Å². The molecule has 3 aromatic rings. The lowest BCUT2D eigenvalue weighted by Crippen LogP contribution is -2.40. The van der Waals surface area contributed by atoms with E-state index in [4.69, 9.17) is 9.47 Å². The quantitative estimate of drug-likeness (QED) is 0.273. The zero-order valence-corrected chi connectivity index (χ0v) is 20.5. The summed E-state index contributed by atoms with van der Waals surface area (Å²) in [5.41, 5.74) is 1.30. The number of nitro groups is 1. The number of ether oxygens (including phenoxy) is 2. The van der Waals surface area contributed by atoms with E-state index in [0.29, 0.717) is 34.6 Å². The molecule has 2 aromatic carbocycles. The maximum absolute atomic E-state index is 12.2. The molecule has 10 nitrogen and oxygen atoms in total. The summed E-state index contributed by atoms with van der Waals surface area (Å²) in [5.74, 6) is 0.629. The second-order valence-electron chi connectivity index (χ2n) is 9.05. The highest BCUT2D eigenvalue weighted by molar-refractivity contribution is 5.94. The molecule has 0 aliphatic carbocycles. The van der Waals surface area contributed by atoms with Gasteiger partial charge < -0.3 is 24.7 Å². The molecule has 0 atom stereocenters. The predicted molar refractivity (Wildman–Crippen MR) is 132 cm³/mol. The summed E-state index contributed by atoms with van der Waals surface area (Å²) in [7, 11) is 1.57. The van der Waals surface area contributed by atoms with E-state index in [-0.39, 0.29) is 30.7 Å². The third-order valence-electron chi connectivity index (χ3n) is 5.44. The van der Waals surface area contributed by atoms with Crippen molar-refractivity contribution in [2.24, 2.45) is 5.41 Å². The molecule has 0 aliphatic heterocycles. The fourth-order valence-corrected chi connectivity index (χ4v) is 3.61. The van der Waals surface area contributed by atoms with Crippen LogP contribution >= 0.6 is 0 Å². The highest BCUT2D eigenvalue weighted by atomic mass is 16.6. The van der Waals surface area contributed by atoms with E-state index >= 15 is 0 Å². The Morgan fingerprint density at radius 1 is 1.03 bits per heavy atom. The first-order valence-electron chi connectivity index (χ1n) is 11.1. The molecule has 0 saturated carbocycles. The average Bonchev–Trinajstić information content (AvgIpc) is 3.10. The first-order chi connectivity index (χ1) is 16.5. The topological polar surface area (TPSA) is 125 Å². The Morgan fingerprint density at radius 3 is 2.26 bits per heavy atom. The Labute approximate surface area is 203 Å². The second-order valence-corrected chi connectivity index (χ2v) is 9.05. The lowest BCUT2D eigenvalue weighted by molar-refractivity contribution is -0.383. The van der Waals surface area contributed by atoms with Crippen LogP contribution in [0.1, 0.15) is 26.5 Å². The molecule has 0 unspecified atom stereocenters. The third kappa shape index (κ3) is 5.89. The van der Waals surface area contributed by atoms with Gasteiger partial charge in [-0.1, -0.05) is 20.8 Å². The average molecular weight is 483 g/mol. The number of nitrogens with one attached hydrogen (secondary N) is 2. The van der Waals surface area contributed by atoms with Crippen LogP contribution in [0.5, 0.6) is 11.5 Å². The Kier molecular flexibility index (Phi) is 7.63. The van der Waals surface area contributed by atoms with Crippen molar-refractivity contribution in [2.75, 3.05) is 26.8 Å². The van der Waals surface area contributed by atoms with Crippen LogP contribution in [-0.4, -0.2) is 48.1 Å². The van der Waals surface area contributed by atoms with Gasteiger partial charge in [-0.05, 0) is 43.3 Å². The van der Waals surface area contributed by atoms with E-state index in [1.807, 2.05) is 32.9 Å². The Bertz CT molecular complexity index is 1240. The molecule has 1 heterocycles. The largest absolute Gasteiger partial charge is 0.497 e. The summed E-state index contributed by atoms with van der Waals surface area (Å²) in [5, 5.41) is 17.7. The SMILES string of the molecule is COc1ccc(-n2c(C)c([N+](=O)[O-])c3ccc(OCC(=O)NCCNC(=O)C(C)(C)C)cc32)cc1. The van der Waals surface area contributed by atoms with Gasteiger partial charge in [0.25, 0.3) is 11.6 Å². The summed E-state index contributed by atoms with van der Waals surface area (Å²) in [6, 6.07) is 12.1. The van der Waals surface area contributed by atoms with Crippen molar-refractivity contribution in [3.63, 3.8) is 0 Å². The predicted octanol–water partition coefficient (Wildman–Crippen LogP) is 3.51. The van der Waals surface area contributed by atoms with Gasteiger partial charge >= 0.3 is 0 Å².